The highest BCUT2D eigenvalue weighted by Gasteiger charge is 2.87. The number of hydrogen-bond donors (Lipinski definition) is 0. The van der Waals surface area contributed by atoms with Gasteiger partial charge in [-0.15, -0.1) is 0 Å². The van der Waals surface area contributed by atoms with Gasteiger partial charge in [-0.05, 0) is 55.3 Å². The van der Waals surface area contributed by atoms with Gasteiger partial charge in [-0.1, -0.05) is 48.1 Å². The Bertz CT molecular complexity index is 1220. The Morgan fingerprint density at radius 3 is 1.73 bits per heavy atom. The van der Waals surface area contributed by atoms with Gasteiger partial charge in [0.25, 0.3) is 0 Å². The van der Waals surface area contributed by atoms with Crippen molar-refractivity contribution < 1.29 is 47.3 Å². The average Bonchev–Trinajstić information content (AvgIpc) is 3.60. The first-order valence-electron chi connectivity index (χ1n) is 16.6. The number of epoxide rings is 1. The van der Waals surface area contributed by atoms with Crippen molar-refractivity contribution in [3.05, 3.63) is 12.2 Å². The Labute approximate surface area is 269 Å². The molecule has 10 nitrogen and oxygen atoms in total. The molecule has 2 bridgehead atoms. The van der Waals surface area contributed by atoms with Crippen LogP contribution in [0.4, 0.5) is 0 Å². The first-order valence-corrected chi connectivity index (χ1v) is 19.1. The standard InChI is InChI=1S/C34H54O10Si/c1-13-45(14-2,15-3)43-26-18-27(39-20(5)35)32(11)25(19(26)4)16-24-17-28(40-21(6)36)33(12)34(44-33,31(24,9)10)30(42-23(8)38)29(32)41-22(7)37/h24-30H,4,13-18H2,1-3,5-12H3/t24-,25-,26+,27+,28+,29+,30+,32+,33-,34+/m1/s1. The van der Waals surface area contributed by atoms with E-state index in [2.05, 4.69) is 41.2 Å². The molecule has 11 heteroatoms. The molecule has 4 rings (SSSR count). The summed E-state index contributed by atoms with van der Waals surface area (Å²) in [5.74, 6) is -2.52. The number of esters is 4. The first kappa shape index (κ1) is 35.6. The van der Waals surface area contributed by atoms with Gasteiger partial charge in [-0.3, -0.25) is 19.2 Å². The molecule has 1 saturated heterocycles. The summed E-state index contributed by atoms with van der Waals surface area (Å²) in [6.45, 7) is 24.5. The van der Waals surface area contributed by atoms with Gasteiger partial charge in [0.1, 0.15) is 23.4 Å². The Balaban J connectivity index is 1.99. The Morgan fingerprint density at radius 2 is 1.24 bits per heavy atom. The summed E-state index contributed by atoms with van der Waals surface area (Å²) in [6, 6.07) is 2.81. The first-order chi connectivity index (χ1) is 20.8. The fourth-order valence-corrected chi connectivity index (χ4v) is 12.3. The fourth-order valence-electron chi connectivity index (χ4n) is 9.48. The maximum Gasteiger partial charge on any atom is 0.303 e. The van der Waals surface area contributed by atoms with Crippen LogP contribution in [0.2, 0.25) is 18.1 Å². The Morgan fingerprint density at radius 1 is 0.756 bits per heavy atom. The average molecular weight is 651 g/mol. The van der Waals surface area contributed by atoms with Crippen LogP contribution < -0.4 is 0 Å². The molecule has 4 aliphatic rings. The van der Waals surface area contributed by atoms with Crippen molar-refractivity contribution >= 4 is 32.2 Å². The van der Waals surface area contributed by atoms with Gasteiger partial charge in [-0.2, -0.15) is 0 Å². The van der Waals surface area contributed by atoms with E-state index in [4.69, 9.17) is 28.1 Å². The van der Waals surface area contributed by atoms with Crippen LogP contribution in [0.15, 0.2) is 12.2 Å². The molecule has 3 aliphatic carbocycles. The largest absolute Gasteiger partial charge is 0.462 e. The summed E-state index contributed by atoms with van der Waals surface area (Å²) >= 11 is 0. The van der Waals surface area contributed by atoms with Gasteiger partial charge in [0.2, 0.25) is 0 Å². The lowest BCUT2D eigenvalue weighted by atomic mass is 9.46. The quantitative estimate of drug-likeness (QED) is 0.101. The van der Waals surface area contributed by atoms with Gasteiger partial charge >= 0.3 is 23.9 Å². The lowest BCUT2D eigenvalue weighted by Crippen LogP contribution is -2.71. The minimum absolute atomic E-state index is 0.0999. The normalized spacial score (nSPS) is 40.1. The van der Waals surface area contributed by atoms with Crippen LogP contribution in [-0.4, -0.2) is 73.9 Å². The minimum Gasteiger partial charge on any atom is -0.462 e. The third kappa shape index (κ3) is 5.48. The minimum atomic E-state index is -2.13. The second kappa shape index (κ2) is 12.1. The fraction of sp³-hybridized carbons (Fsp3) is 0.824. The summed E-state index contributed by atoms with van der Waals surface area (Å²) < 4.78 is 38.3. The van der Waals surface area contributed by atoms with Crippen LogP contribution >= 0.6 is 0 Å². The molecule has 10 atom stereocenters. The highest BCUT2D eigenvalue weighted by atomic mass is 28.4. The zero-order chi connectivity index (χ0) is 33.9. The van der Waals surface area contributed by atoms with Crippen molar-refractivity contribution in [2.45, 2.75) is 155 Å². The van der Waals surface area contributed by atoms with E-state index in [-0.39, 0.29) is 17.9 Å². The number of ether oxygens (including phenoxy) is 5. The molecule has 254 valence electrons. The number of fused-ring (bicyclic) bond motifs is 2. The lowest BCUT2D eigenvalue weighted by Gasteiger charge is -2.61. The van der Waals surface area contributed by atoms with Crippen molar-refractivity contribution in [2.24, 2.45) is 22.7 Å². The van der Waals surface area contributed by atoms with E-state index in [1.807, 2.05) is 13.8 Å². The summed E-state index contributed by atoms with van der Waals surface area (Å²) in [5.41, 5.74) is -3.03. The van der Waals surface area contributed by atoms with Gasteiger partial charge in [0.15, 0.2) is 20.5 Å². The molecule has 0 aromatic carbocycles. The number of carbonyl (C=O) groups is 4. The van der Waals surface area contributed by atoms with E-state index < -0.39 is 78.6 Å². The second-order valence-corrected chi connectivity index (χ2v) is 19.4. The summed E-state index contributed by atoms with van der Waals surface area (Å²) in [6.07, 6.45) is -2.54. The van der Waals surface area contributed by atoms with E-state index in [9.17, 15) is 19.2 Å². The summed E-state index contributed by atoms with van der Waals surface area (Å²) in [4.78, 5) is 51.0. The predicted octanol–water partition coefficient (Wildman–Crippen LogP) is 5.66. The molecule has 0 amide bonds. The van der Waals surface area contributed by atoms with Gasteiger partial charge < -0.3 is 28.1 Å². The van der Waals surface area contributed by atoms with Crippen LogP contribution in [0.1, 0.15) is 95.4 Å². The number of rotatable bonds is 9. The molecule has 0 N–H and O–H groups in total. The predicted molar refractivity (Wildman–Crippen MR) is 168 cm³/mol. The molecule has 1 aliphatic heterocycles. The number of hydrogen-bond acceptors (Lipinski definition) is 10. The van der Waals surface area contributed by atoms with Gasteiger partial charge in [0.05, 0.1) is 11.5 Å². The molecular weight excluding hydrogens is 596 g/mol. The molecule has 1 spiro atoms. The van der Waals surface area contributed by atoms with E-state index >= 15 is 0 Å². The van der Waals surface area contributed by atoms with E-state index in [0.29, 0.717) is 19.3 Å². The molecular formula is C34H54O10Si. The zero-order valence-corrected chi connectivity index (χ0v) is 30.1. The summed E-state index contributed by atoms with van der Waals surface area (Å²) in [7, 11) is -2.13. The van der Waals surface area contributed by atoms with Crippen molar-refractivity contribution in [1.29, 1.82) is 0 Å². The second-order valence-electron chi connectivity index (χ2n) is 14.7. The third-order valence-corrected chi connectivity index (χ3v) is 16.9. The zero-order valence-electron chi connectivity index (χ0n) is 29.1. The molecule has 0 radical (unpaired) electrons. The van der Waals surface area contributed by atoms with Crippen molar-refractivity contribution in [1.82, 2.24) is 0 Å². The maximum absolute atomic E-state index is 13.0. The SMILES string of the molecule is C=C1[C@@H](O[Si](CC)(CC)CC)C[C@H](OC(C)=O)[C@]2(C)[C@@H]1C[C@@H]1C[C@H](OC(C)=O)[C@@]3(C)O[C@@]3([C@@H](OC(C)=O)[C@@H]2OC(C)=O)C1(C)C. The summed E-state index contributed by atoms with van der Waals surface area (Å²) in [5, 5.41) is 0. The van der Waals surface area contributed by atoms with Crippen molar-refractivity contribution in [2.75, 3.05) is 0 Å². The van der Waals surface area contributed by atoms with Crippen LogP contribution in [0.5, 0.6) is 0 Å². The Kier molecular flexibility index (Phi) is 9.56. The molecule has 4 fully saturated rings. The number of carbonyl (C=O) groups excluding carboxylic acids is 4. The third-order valence-electron chi connectivity index (χ3n) is 12.2. The van der Waals surface area contributed by atoms with Gasteiger partial charge in [0, 0.05) is 39.5 Å². The van der Waals surface area contributed by atoms with Crippen LogP contribution in [0.3, 0.4) is 0 Å². The molecule has 3 saturated carbocycles. The molecule has 0 aromatic heterocycles. The topological polar surface area (TPSA) is 127 Å². The van der Waals surface area contributed by atoms with Gasteiger partial charge in [-0.25, -0.2) is 0 Å². The smallest absolute Gasteiger partial charge is 0.303 e. The van der Waals surface area contributed by atoms with Crippen LogP contribution in [-0.2, 0) is 47.3 Å². The molecule has 45 heavy (non-hydrogen) atoms. The molecule has 0 unspecified atom stereocenters. The van der Waals surface area contributed by atoms with E-state index in [0.717, 1.165) is 23.7 Å². The highest BCUT2D eigenvalue weighted by Crippen LogP contribution is 2.74. The van der Waals surface area contributed by atoms with Crippen molar-refractivity contribution in [3.8, 4) is 0 Å². The van der Waals surface area contributed by atoms with E-state index in [1.54, 1.807) is 0 Å². The molecule has 1 heterocycles. The van der Waals surface area contributed by atoms with Crippen LogP contribution in [0.25, 0.3) is 0 Å². The monoisotopic (exact) mass is 650 g/mol. The lowest BCUT2D eigenvalue weighted by molar-refractivity contribution is -0.234. The molecule has 0 aromatic rings. The van der Waals surface area contributed by atoms with Crippen LogP contribution in [0, 0.1) is 22.7 Å². The van der Waals surface area contributed by atoms with Crippen molar-refractivity contribution in [3.63, 3.8) is 0 Å². The maximum atomic E-state index is 13.0. The highest BCUT2D eigenvalue weighted by molar-refractivity contribution is 6.73. The Hall–Kier alpha value is -2.24. The van der Waals surface area contributed by atoms with E-state index in [1.165, 1.54) is 27.7 Å².